The SMILES string of the molecule is O=C(CN1CC2(CCCC2)CC1=O)N1CCCC(OCc2ccccc2)C1. The Morgan fingerprint density at radius 3 is 2.70 bits per heavy atom. The number of nitrogens with zero attached hydrogens (tertiary/aromatic N) is 2. The van der Waals surface area contributed by atoms with Gasteiger partial charge in [-0.15, -0.1) is 0 Å². The van der Waals surface area contributed by atoms with Gasteiger partial charge in [-0.25, -0.2) is 0 Å². The monoisotopic (exact) mass is 370 g/mol. The Balaban J connectivity index is 1.28. The van der Waals surface area contributed by atoms with Crippen LogP contribution in [0, 0.1) is 5.41 Å². The van der Waals surface area contributed by atoms with Gasteiger partial charge in [0.15, 0.2) is 0 Å². The largest absolute Gasteiger partial charge is 0.372 e. The molecule has 1 atom stereocenters. The molecule has 5 nitrogen and oxygen atoms in total. The number of hydrogen-bond donors (Lipinski definition) is 0. The highest BCUT2D eigenvalue weighted by Gasteiger charge is 2.45. The number of amides is 2. The molecule has 5 heteroatoms. The number of ether oxygens (including phenoxy) is 1. The Bertz CT molecular complexity index is 669. The van der Waals surface area contributed by atoms with Gasteiger partial charge in [0.05, 0.1) is 19.3 Å². The van der Waals surface area contributed by atoms with E-state index in [0.29, 0.717) is 19.6 Å². The molecule has 1 spiro atoms. The molecule has 1 aromatic rings. The second-order valence-electron chi connectivity index (χ2n) is 8.53. The molecule has 3 aliphatic rings. The lowest BCUT2D eigenvalue weighted by atomic mass is 9.85. The highest BCUT2D eigenvalue weighted by Crippen LogP contribution is 2.45. The summed E-state index contributed by atoms with van der Waals surface area (Å²) in [6.07, 6.45) is 7.40. The first-order valence-corrected chi connectivity index (χ1v) is 10.3. The average Bonchev–Trinajstić information content (AvgIpc) is 3.27. The molecule has 2 saturated heterocycles. The molecule has 27 heavy (non-hydrogen) atoms. The lowest BCUT2D eigenvalue weighted by Crippen LogP contribution is -2.47. The first-order valence-electron chi connectivity index (χ1n) is 10.3. The van der Waals surface area contributed by atoms with Crippen LogP contribution < -0.4 is 0 Å². The van der Waals surface area contributed by atoms with Gasteiger partial charge in [-0.05, 0) is 36.7 Å². The van der Waals surface area contributed by atoms with Crippen molar-refractivity contribution in [2.45, 2.75) is 57.7 Å². The van der Waals surface area contributed by atoms with E-state index in [0.717, 1.165) is 44.3 Å². The van der Waals surface area contributed by atoms with Crippen LogP contribution in [0.1, 0.15) is 50.5 Å². The van der Waals surface area contributed by atoms with Crippen LogP contribution in [0.4, 0.5) is 0 Å². The molecule has 2 heterocycles. The van der Waals surface area contributed by atoms with Crippen molar-refractivity contribution in [3.8, 4) is 0 Å². The second-order valence-corrected chi connectivity index (χ2v) is 8.53. The van der Waals surface area contributed by atoms with Gasteiger partial charge < -0.3 is 14.5 Å². The summed E-state index contributed by atoms with van der Waals surface area (Å²) >= 11 is 0. The van der Waals surface area contributed by atoms with Gasteiger partial charge in [-0.3, -0.25) is 9.59 Å². The van der Waals surface area contributed by atoms with Gasteiger partial charge in [-0.1, -0.05) is 43.2 Å². The lowest BCUT2D eigenvalue weighted by molar-refractivity contribution is -0.141. The van der Waals surface area contributed by atoms with Crippen molar-refractivity contribution in [2.24, 2.45) is 5.41 Å². The van der Waals surface area contributed by atoms with Gasteiger partial charge in [0.2, 0.25) is 11.8 Å². The van der Waals surface area contributed by atoms with Crippen molar-refractivity contribution in [1.29, 1.82) is 0 Å². The van der Waals surface area contributed by atoms with Crippen molar-refractivity contribution in [3.63, 3.8) is 0 Å². The number of piperidine rings is 1. The number of benzene rings is 1. The topological polar surface area (TPSA) is 49.9 Å². The van der Waals surface area contributed by atoms with Crippen molar-refractivity contribution in [1.82, 2.24) is 9.80 Å². The quantitative estimate of drug-likeness (QED) is 0.801. The fraction of sp³-hybridized carbons (Fsp3) is 0.636. The van der Waals surface area contributed by atoms with Crippen molar-refractivity contribution in [3.05, 3.63) is 35.9 Å². The Labute approximate surface area is 161 Å². The Morgan fingerprint density at radius 2 is 1.93 bits per heavy atom. The normalized spacial score (nSPS) is 24.7. The van der Waals surface area contributed by atoms with Crippen LogP contribution in [0.5, 0.6) is 0 Å². The molecule has 1 unspecified atom stereocenters. The summed E-state index contributed by atoms with van der Waals surface area (Å²) in [6, 6.07) is 10.1. The third kappa shape index (κ3) is 4.34. The zero-order chi connectivity index (χ0) is 18.7. The highest BCUT2D eigenvalue weighted by atomic mass is 16.5. The minimum Gasteiger partial charge on any atom is -0.372 e. The summed E-state index contributed by atoms with van der Waals surface area (Å²) in [5, 5.41) is 0. The fourth-order valence-electron chi connectivity index (χ4n) is 4.94. The average molecular weight is 370 g/mol. The van der Waals surface area contributed by atoms with Crippen LogP contribution in [-0.4, -0.2) is 53.9 Å². The molecule has 3 fully saturated rings. The number of hydrogen-bond acceptors (Lipinski definition) is 3. The molecule has 1 saturated carbocycles. The third-order valence-electron chi connectivity index (χ3n) is 6.45. The van der Waals surface area contributed by atoms with E-state index in [1.807, 2.05) is 28.0 Å². The number of carbonyl (C=O) groups excluding carboxylic acids is 2. The van der Waals surface area contributed by atoms with E-state index < -0.39 is 0 Å². The van der Waals surface area contributed by atoms with E-state index in [1.165, 1.54) is 12.8 Å². The van der Waals surface area contributed by atoms with E-state index in [2.05, 4.69) is 12.1 Å². The maximum absolute atomic E-state index is 12.8. The first kappa shape index (κ1) is 18.5. The van der Waals surface area contributed by atoms with Crippen molar-refractivity contribution in [2.75, 3.05) is 26.2 Å². The van der Waals surface area contributed by atoms with Crippen LogP contribution in [0.15, 0.2) is 30.3 Å². The van der Waals surface area contributed by atoms with Gasteiger partial charge in [0, 0.05) is 26.1 Å². The summed E-state index contributed by atoms with van der Waals surface area (Å²) in [6.45, 7) is 3.02. The van der Waals surface area contributed by atoms with E-state index in [1.54, 1.807) is 0 Å². The summed E-state index contributed by atoms with van der Waals surface area (Å²) in [4.78, 5) is 28.9. The molecule has 146 valence electrons. The Morgan fingerprint density at radius 1 is 1.15 bits per heavy atom. The van der Waals surface area contributed by atoms with Crippen LogP contribution >= 0.6 is 0 Å². The maximum atomic E-state index is 12.8. The van der Waals surface area contributed by atoms with Crippen molar-refractivity contribution < 1.29 is 14.3 Å². The molecule has 4 rings (SSSR count). The molecular formula is C22H30N2O3. The Kier molecular flexibility index (Phi) is 5.48. The predicted octanol–water partition coefficient (Wildman–Crippen LogP) is 2.99. The minimum atomic E-state index is 0.0754. The van der Waals surface area contributed by atoms with E-state index in [9.17, 15) is 9.59 Å². The van der Waals surface area contributed by atoms with Crippen molar-refractivity contribution >= 4 is 11.8 Å². The standard InChI is InChI=1S/C22H30N2O3/c25-20-13-22(10-4-5-11-22)17-24(20)15-21(26)23-12-6-9-19(14-23)27-16-18-7-2-1-3-8-18/h1-3,7-8,19H,4-6,9-17H2. The molecule has 0 aromatic heterocycles. The van der Waals surface area contributed by atoms with E-state index in [-0.39, 0.29) is 29.9 Å². The molecular weight excluding hydrogens is 340 g/mol. The molecule has 0 N–H and O–H groups in total. The van der Waals surface area contributed by atoms with Gasteiger partial charge in [0.1, 0.15) is 0 Å². The number of likely N-dealkylation sites (tertiary alicyclic amines) is 2. The van der Waals surface area contributed by atoms with E-state index in [4.69, 9.17) is 4.74 Å². The summed E-state index contributed by atoms with van der Waals surface area (Å²) in [7, 11) is 0. The number of rotatable bonds is 5. The van der Waals surface area contributed by atoms with Gasteiger partial charge in [-0.2, -0.15) is 0 Å². The number of carbonyl (C=O) groups is 2. The van der Waals surface area contributed by atoms with Crippen LogP contribution in [-0.2, 0) is 20.9 Å². The minimum absolute atomic E-state index is 0.0754. The molecule has 1 aromatic carbocycles. The molecule has 0 radical (unpaired) electrons. The molecule has 1 aliphatic carbocycles. The third-order valence-corrected chi connectivity index (χ3v) is 6.45. The summed E-state index contributed by atoms with van der Waals surface area (Å²) < 4.78 is 6.04. The zero-order valence-electron chi connectivity index (χ0n) is 16.1. The smallest absolute Gasteiger partial charge is 0.242 e. The predicted molar refractivity (Wildman–Crippen MR) is 103 cm³/mol. The summed E-state index contributed by atoms with van der Waals surface area (Å²) in [5.74, 6) is 0.241. The molecule has 2 amide bonds. The van der Waals surface area contributed by atoms with Crippen LogP contribution in [0.3, 0.4) is 0 Å². The highest BCUT2D eigenvalue weighted by molar-refractivity contribution is 5.86. The van der Waals surface area contributed by atoms with Crippen LogP contribution in [0.2, 0.25) is 0 Å². The maximum Gasteiger partial charge on any atom is 0.242 e. The molecule has 2 aliphatic heterocycles. The molecule has 0 bridgehead atoms. The fourth-order valence-corrected chi connectivity index (χ4v) is 4.94. The second kappa shape index (κ2) is 8.01. The zero-order valence-corrected chi connectivity index (χ0v) is 16.1. The summed E-state index contributed by atoms with van der Waals surface area (Å²) in [5.41, 5.74) is 1.33. The Hall–Kier alpha value is -1.88. The van der Waals surface area contributed by atoms with Gasteiger partial charge >= 0.3 is 0 Å². The van der Waals surface area contributed by atoms with Crippen LogP contribution in [0.25, 0.3) is 0 Å². The van der Waals surface area contributed by atoms with E-state index >= 15 is 0 Å². The lowest BCUT2D eigenvalue weighted by Gasteiger charge is -2.34. The van der Waals surface area contributed by atoms with Gasteiger partial charge in [0.25, 0.3) is 0 Å². The first-order chi connectivity index (χ1) is 13.1.